The van der Waals surface area contributed by atoms with E-state index in [0.29, 0.717) is 5.92 Å². The monoisotopic (exact) mass is 232 g/mol. The highest BCUT2D eigenvalue weighted by molar-refractivity contribution is 5.76. The maximum atomic E-state index is 11.3. The molecule has 4 nitrogen and oxygen atoms in total. The number of fused-ring (bicyclic) bond motifs is 1. The molecule has 1 aromatic heterocycles. The zero-order chi connectivity index (χ0) is 11.8. The van der Waals surface area contributed by atoms with Gasteiger partial charge in [0.1, 0.15) is 0 Å². The molecule has 3 rings (SSSR count). The Hall–Kier alpha value is -1.55. The minimum absolute atomic E-state index is 0.364. The van der Waals surface area contributed by atoms with Gasteiger partial charge in [0.2, 0.25) is 0 Å². The molecule has 1 unspecified atom stereocenters. The van der Waals surface area contributed by atoms with E-state index in [9.17, 15) is 4.79 Å². The Morgan fingerprint density at radius 3 is 3.18 bits per heavy atom. The van der Waals surface area contributed by atoms with Crippen molar-refractivity contribution < 1.29 is 4.42 Å². The number of benzene rings is 1. The number of rotatable bonds is 1. The average Bonchev–Trinajstić information content (AvgIpc) is 2.68. The van der Waals surface area contributed by atoms with Crippen LogP contribution in [0.25, 0.3) is 11.1 Å². The van der Waals surface area contributed by atoms with E-state index in [1.165, 1.54) is 12.8 Å². The van der Waals surface area contributed by atoms with Crippen molar-refractivity contribution in [1.82, 2.24) is 9.88 Å². The van der Waals surface area contributed by atoms with Gasteiger partial charge in [-0.05, 0) is 32.5 Å². The number of para-hydroxylation sites is 1. The molecule has 0 aliphatic carbocycles. The summed E-state index contributed by atoms with van der Waals surface area (Å²) in [6, 6.07) is 5.94. The first kappa shape index (κ1) is 10.6. The van der Waals surface area contributed by atoms with E-state index in [-0.39, 0.29) is 5.76 Å². The lowest BCUT2D eigenvalue weighted by molar-refractivity contribution is 0.250. The highest BCUT2D eigenvalue weighted by atomic mass is 16.4. The fraction of sp³-hybridized carbons (Fsp3) is 0.462. The van der Waals surface area contributed by atoms with Crippen LogP contribution in [0.4, 0.5) is 0 Å². The molecule has 2 heterocycles. The van der Waals surface area contributed by atoms with Crippen molar-refractivity contribution in [2.24, 2.45) is 0 Å². The van der Waals surface area contributed by atoms with E-state index in [1.54, 1.807) is 0 Å². The number of H-pyrrole nitrogens is 1. The molecule has 17 heavy (non-hydrogen) atoms. The van der Waals surface area contributed by atoms with Crippen LogP contribution in [0.1, 0.15) is 24.3 Å². The molecular formula is C13H16N2O2. The van der Waals surface area contributed by atoms with E-state index in [2.05, 4.69) is 23.0 Å². The summed E-state index contributed by atoms with van der Waals surface area (Å²) < 4.78 is 5.26. The molecule has 0 spiro atoms. The Balaban J connectivity index is 2.07. The van der Waals surface area contributed by atoms with Gasteiger partial charge in [-0.3, -0.25) is 4.98 Å². The number of likely N-dealkylation sites (N-methyl/N-ethyl adjacent to an activating group) is 1. The summed E-state index contributed by atoms with van der Waals surface area (Å²) in [5, 5.41) is 0. The zero-order valence-corrected chi connectivity index (χ0v) is 9.90. The molecule has 1 N–H and O–H groups in total. The third kappa shape index (κ3) is 1.89. The number of nitrogens with one attached hydrogen (secondary N) is 1. The molecule has 4 heteroatoms. The zero-order valence-electron chi connectivity index (χ0n) is 9.90. The molecule has 1 saturated heterocycles. The van der Waals surface area contributed by atoms with Crippen LogP contribution >= 0.6 is 0 Å². The van der Waals surface area contributed by atoms with Gasteiger partial charge in [-0.15, -0.1) is 0 Å². The summed E-state index contributed by atoms with van der Waals surface area (Å²) in [6.07, 6.45) is 2.37. The Bertz CT molecular complexity index is 584. The predicted octanol–water partition coefficient (Wildman–Crippen LogP) is 1.93. The van der Waals surface area contributed by atoms with Crippen molar-refractivity contribution in [3.05, 3.63) is 34.3 Å². The number of nitrogens with zero attached hydrogens (tertiary/aromatic N) is 1. The maximum Gasteiger partial charge on any atom is 0.417 e. The molecular weight excluding hydrogens is 216 g/mol. The Labute approximate surface area is 99.2 Å². The standard InChI is InChI=1S/C13H16N2O2/c1-15-7-3-4-9(8-15)10-5-2-6-11-12(10)17-13(16)14-11/h2,5-6,9H,3-4,7-8H2,1H3,(H,14,16). The van der Waals surface area contributed by atoms with E-state index in [1.807, 2.05) is 12.1 Å². The van der Waals surface area contributed by atoms with Crippen LogP contribution in [0.3, 0.4) is 0 Å². The van der Waals surface area contributed by atoms with Crippen LogP contribution in [0.15, 0.2) is 27.4 Å². The molecule has 1 fully saturated rings. The van der Waals surface area contributed by atoms with E-state index >= 15 is 0 Å². The van der Waals surface area contributed by atoms with Crippen molar-refractivity contribution in [1.29, 1.82) is 0 Å². The SMILES string of the molecule is CN1CCCC(c2cccc3[nH]c(=O)oc23)C1. The number of oxazole rings is 1. The second-order valence-electron chi connectivity index (χ2n) is 4.84. The third-order valence-corrected chi connectivity index (χ3v) is 3.54. The lowest BCUT2D eigenvalue weighted by atomic mass is 9.90. The topological polar surface area (TPSA) is 49.2 Å². The summed E-state index contributed by atoms with van der Waals surface area (Å²) in [6.45, 7) is 2.19. The molecule has 1 atom stereocenters. The van der Waals surface area contributed by atoms with Gasteiger partial charge >= 0.3 is 5.76 Å². The molecule has 1 aliphatic rings. The highest BCUT2D eigenvalue weighted by Gasteiger charge is 2.22. The third-order valence-electron chi connectivity index (χ3n) is 3.54. The van der Waals surface area contributed by atoms with Crippen LogP contribution in [-0.4, -0.2) is 30.0 Å². The number of aromatic nitrogens is 1. The highest BCUT2D eigenvalue weighted by Crippen LogP contribution is 2.30. The summed E-state index contributed by atoms with van der Waals surface area (Å²) in [4.78, 5) is 16.3. The minimum Gasteiger partial charge on any atom is -0.408 e. The number of hydrogen-bond donors (Lipinski definition) is 1. The molecule has 1 aromatic carbocycles. The van der Waals surface area contributed by atoms with Crippen molar-refractivity contribution in [3.63, 3.8) is 0 Å². The number of piperidine rings is 1. The van der Waals surface area contributed by atoms with E-state index < -0.39 is 0 Å². The number of likely N-dealkylation sites (tertiary alicyclic amines) is 1. The van der Waals surface area contributed by atoms with Crippen LogP contribution in [-0.2, 0) is 0 Å². The molecule has 0 amide bonds. The van der Waals surface area contributed by atoms with Crippen LogP contribution in [0.2, 0.25) is 0 Å². The van der Waals surface area contributed by atoms with Crippen molar-refractivity contribution >= 4 is 11.1 Å². The Morgan fingerprint density at radius 1 is 1.47 bits per heavy atom. The minimum atomic E-state index is -0.364. The van der Waals surface area contributed by atoms with Crippen LogP contribution < -0.4 is 5.76 Å². The van der Waals surface area contributed by atoms with E-state index in [0.717, 1.165) is 29.8 Å². The predicted molar refractivity (Wildman–Crippen MR) is 66.3 cm³/mol. The van der Waals surface area contributed by atoms with Crippen LogP contribution in [0.5, 0.6) is 0 Å². The summed E-state index contributed by atoms with van der Waals surface area (Å²) >= 11 is 0. The van der Waals surface area contributed by atoms with Crippen molar-refractivity contribution in [2.75, 3.05) is 20.1 Å². The molecule has 2 aromatic rings. The van der Waals surface area contributed by atoms with Gasteiger partial charge in [-0.2, -0.15) is 0 Å². The Morgan fingerprint density at radius 2 is 2.35 bits per heavy atom. The van der Waals surface area contributed by atoms with Gasteiger partial charge in [0.15, 0.2) is 5.58 Å². The first-order valence-corrected chi connectivity index (χ1v) is 6.04. The lowest BCUT2D eigenvalue weighted by Crippen LogP contribution is -2.30. The summed E-state index contributed by atoms with van der Waals surface area (Å²) in [5.74, 6) is 0.105. The first-order valence-electron chi connectivity index (χ1n) is 6.04. The van der Waals surface area contributed by atoms with Gasteiger partial charge < -0.3 is 9.32 Å². The molecule has 0 radical (unpaired) electrons. The normalized spacial score (nSPS) is 22.1. The molecule has 90 valence electrons. The molecule has 0 bridgehead atoms. The van der Waals surface area contributed by atoms with Crippen LogP contribution in [0, 0.1) is 0 Å². The fourth-order valence-electron chi connectivity index (χ4n) is 2.74. The van der Waals surface area contributed by atoms with Gasteiger partial charge in [0, 0.05) is 18.0 Å². The van der Waals surface area contributed by atoms with Crippen molar-refractivity contribution in [2.45, 2.75) is 18.8 Å². The second-order valence-corrected chi connectivity index (χ2v) is 4.84. The van der Waals surface area contributed by atoms with E-state index in [4.69, 9.17) is 4.42 Å². The van der Waals surface area contributed by atoms with Gasteiger partial charge in [-0.25, -0.2) is 4.79 Å². The van der Waals surface area contributed by atoms with Gasteiger partial charge in [-0.1, -0.05) is 12.1 Å². The largest absolute Gasteiger partial charge is 0.417 e. The summed E-state index contributed by atoms with van der Waals surface area (Å²) in [5.41, 5.74) is 2.70. The van der Waals surface area contributed by atoms with Gasteiger partial charge in [0.05, 0.1) is 5.52 Å². The summed E-state index contributed by atoms with van der Waals surface area (Å²) in [7, 11) is 2.14. The van der Waals surface area contributed by atoms with Gasteiger partial charge in [0.25, 0.3) is 0 Å². The second kappa shape index (κ2) is 4.04. The fourth-order valence-corrected chi connectivity index (χ4v) is 2.74. The van der Waals surface area contributed by atoms with Crippen molar-refractivity contribution in [3.8, 4) is 0 Å². The molecule has 1 aliphatic heterocycles. The lowest BCUT2D eigenvalue weighted by Gasteiger charge is -2.29. The Kier molecular flexibility index (Phi) is 2.52. The average molecular weight is 232 g/mol. The molecule has 0 saturated carbocycles. The smallest absolute Gasteiger partial charge is 0.408 e. The first-order chi connectivity index (χ1) is 8.24. The number of aromatic amines is 1. The number of hydrogen-bond acceptors (Lipinski definition) is 3. The maximum absolute atomic E-state index is 11.3. The quantitative estimate of drug-likeness (QED) is 0.817.